The first kappa shape index (κ1) is 10.1. The van der Waals surface area contributed by atoms with Crippen LogP contribution in [0.25, 0.3) is 5.73 Å². The number of benzene rings is 1. The van der Waals surface area contributed by atoms with Crippen molar-refractivity contribution in [3.05, 3.63) is 41.6 Å². The van der Waals surface area contributed by atoms with Gasteiger partial charge in [0.25, 0.3) is 0 Å². The maximum atomic E-state index is 11.9. The minimum absolute atomic E-state index is 0.403. The summed E-state index contributed by atoms with van der Waals surface area (Å²) in [6.07, 6.45) is -5.35. The molecule has 0 amide bonds. The molecule has 0 spiro atoms. The first-order chi connectivity index (χ1) is 5.99. The van der Waals surface area contributed by atoms with Crippen LogP contribution in [0.5, 0.6) is 0 Å². The van der Waals surface area contributed by atoms with Crippen molar-refractivity contribution in [1.29, 1.82) is 0 Å². The molecule has 1 atom stereocenters. The SMILES string of the molecule is [NH-]C(CC(F)(F)F)c1ccccc1. The van der Waals surface area contributed by atoms with E-state index in [9.17, 15) is 13.2 Å². The van der Waals surface area contributed by atoms with E-state index in [1.165, 1.54) is 12.1 Å². The predicted octanol–water partition coefficient (Wildman–Crippen LogP) is 3.73. The predicted molar refractivity (Wildman–Crippen MR) is 44.2 cm³/mol. The lowest BCUT2D eigenvalue weighted by atomic mass is 10.1. The summed E-state index contributed by atoms with van der Waals surface area (Å²) in [5.41, 5.74) is 7.65. The number of halogens is 3. The number of nitrogens with one attached hydrogen (secondary N) is 1. The molecule has 13 heavy (non-hydrogen) atoms. The average Bonchev–Trinajstić information content (AvgIpc) is 2.03. The van der Waals surface area contributed by atoms with Crippen LogP contribution in [0.2, 0.25) is 0 Å². The van der Waals surface area contributed by atoms with E-state index in [0.29, 0.717) is 5.56 Å². The first-order valence-electron chi connectivity index (χ1n) is 3.82. The summed E-state index contributed by atoms with van der Waals surface area (Å²) in [6.45, 7) is 0. The second-order valence-corrected chi connectivity index (χ2v) is 2.78. The molecular formula is C9H9F3N-. The molecule has 0 bridgehead atoms. The fraction of sp³-hybridized carbons (Fsp3) is 0.333. The highest BCUT2D eigenvalue weighted by molar-refractivity contribution is 5.20. The molecule has 4 heteroatoms. The second-order valence-electron chi connectivity index (χ2n) is 2.78. The molecule has 0 radical (unpaired) electrons. The van der Waals surface area contributed by atoms with E-state index in [-0.39, 0.29) is 0 Å². The Labute approximate surface area is 74.4 Å². The fourth-order valence-electron chi connectivity index (χ4n) is 1.03. The molecule has 0 saturated heterocycles. The Hall–Kier alpha value is -1.03. The largest absolute Gasteiger partial charge is 0.671 e. The summed E-state index contributed by atoms with van der Waals surface area (Å²) in [6, 6.07) is 6.83. The quantitative estimate of drug-likeness (QED) is 0.675. The highest BCUT2D eigenvalue weighted by Crippen LogP contribution is 2.30. The van der Waals surface area contributed by atoms with Gasteiger partial charge in [-0.1, -0.05) is 35.9 Å². The normalized spacial score (nSPS) is 14.2. The van der Waals surface area contributed by atoms with Gasteiger partial charge in [0.15, 0.2) is 0 Å². The molecule has 1 N–H and O–H groups in total. The van der Waals surface area contributed by atoms with Gasteiger partial charge in [-0.25, -0.2) is 0 Å². The van der Waals surface area contributed by atoms with Crippen molar-refractivity contribution >= 4 is 0 Å². The zero-order valence-electron chi connectivity index (χ0n) is 6.81. The van der Waals surface area contributed by atoms with Crippen LogP contribution in [-0.2, 0) is 0 Å². The molecule has 0 aliphatic carbocycles. The summed E-state index contributed by atoms with van der Waals surface area (Å²) < 4.78 is 35.6. The fourth-order valence-corrected chi connectivity index (χ4v) is 1.03. The van der Waals surface area contributed by atoms with Gasteiger partial charge in [0.05, 0.1) is 0 Å². The van der Waals surface area contributed by atoms with Crippen molar-refractivity contribution < 1.29 is 13.2 Å². The zero-order chi connectivity index (χ0) is 9.90. The van der Waals surface area contributed by atoms with Gasteiger partial charge >= 0.3 is 6.18 Å². The minimum atomic E-state index is -4.26. The third kappa shape index (κ3) is 3.46. The van der Waals surface area contributed by atoms with E-state index in [1.807, 2.05) is 0 Å². The van der Waals surface area contributed by atoms with Crippen molar-refractivity contribution in [3.63, 3.8) is 0 Å². The molecule has 0 aliphatic heterocycles. The Morgan fingerprint density at radius 1 is 1.15 bits per heavy atom. The maximum absolute atomic E-state index is 11.9. The standard InChI is InChI=1S/C9H9F3N/c10-9(11,12)6-8(13)7-4-2-1-3-5-7/h1-5,8,13H,6H2/q-1. The van der Waals surface area contributed by atoms with Gasteiger partial charge in [0.2, 0.25) is 0 Å². The van der Waals surface area contributed by atoms with Crippen LogP contribution in [0.15, 0.2) is 30.3 Å². The van der Waals surface area contributed by atoms with Crippen molar-refractivity contribution in [2.75, 3.05) is 0 Å². The van der Waals surface area contributed by atoms with Crippen LogP contribution in [0.3, 0.4) is 0 Å². The molecule has 72 valence electrons. The molecule has 1 nitrogen and oxygen atoms in total. The van der Waals surface area contributed by atoms with Gasteiger partial charge in [-0.15, -0.1) is 6.04 Å². The topological polar surface area (TPSA) is 23.8 Å². The van der Waals surface area contributed by atoms with Gasteiger partial charge in [-0.2, -0.15) is 13.2 Å². The van der Waals surface area contributed by atoms with Crippen LogP contribution < -0.4 is 0 Å². The first-order valence-corrected chi connectivity index (χ1v) is 3.82. The Bertz CT molecular complexity index is 255. The summed E-state index contributed by atoms with van der Waals surface area (Å²) in [4.78, 5) is 0. The van der Waals surface area contributed by atoms with Crippen LogP contribution in [0, 0.1) is 0 Å². The van der Waals surface area contributed by atoms with E-state index in [4.69, 9.17) is 5.73 Å². The van der Waals surface area contributed by atoms with E-state index < -0.39 is 18.6 Å². The number of hydrogen-bond donors (Lipinski definition) is 0. The molecule has 0 saturated carbocycles. The Morgan fingerprint density at radius 2 is 1.69 bits per heavy atom. The number of rotatable bonds is 2. The number of hydrogen-bond acceptors (Lipinski definition) is 0. The third-order valence-electron chi connectivity index (χ3n) is 1.64. The summed E-state index contributed by atoms with van der Waals surface area (Å²) in [5, 5.41) is 0. The average molecular weight is 188 g/mol. The van der Waals surface area contributed by atoms with Gasteiger partial charge < -0.3 is 5.73 Å². The van der Waals surface area contributed by atoms with Crippen LogP contribution >= 0.6 is 0 Å². The van der Waals surface area contributed by atoms with Gasteiger partial charge in [-0.05, 0) is 0 Å². The monoisotopic (exact) mass is 188 g/mol. The minimum Gasteiger partial charge on any atom is -0.671 e. The van der Waals surface area contributed by atoms with Crippen LogP contribution in [0.1, 0.15) is 18.0 Å². The van der Waals surface area contributed by atoms with Crippen LogP contribution in [0.4, 0.5) is 13.2 Å². The highest BCUT2D eigenvalue weighted by Gasteiger charge is 2.27. The molecule has 1 rings (SSSR count). The molecule has 0 aromatic heterocycles. The number of alkyl halides is 3. The molecule has 1 unspecified atom stereocenters. The highest BCUT2D eigenvalue weighted by atomic mass is 19.4. The summed E-state index contributed by atoms with van der Waals surface area (Å²) in [5.74, 6) is 0. The molecule has 1 aromatic carbocycles. The van der Waals surface area contributed by atoms with E-state index in [1.54, 1.807) is 18.2 Å². The smallest absolute Gasteiger partial charge is 0.388 e. The molecule has 0 heterocycles. The zero-order valence-corrected chi connectivity index (χ0v) is 6.81. The lowest BCUT2D eigenvalue weighted by molar-refractivity contribution is -0.136. The summed E-state index contributed by atoms with van der Waals surface area (Å²) >= 11 is 0. The van der Waals surface area contributed by atoms with Crippen molar-refractivity contribution in [2.24, 2.45) is 0 Å². The Morgan fingerprint density at radius 3 is 2.15 bits per heavy atom. The second kappa shape index (κ2) is 3.79. The van der Waals surface area contributed by atoms with Crippen molar-refractivity contribution in [3.8, 4) is 0 Å². The van der Waals surface area contributed by atoms with Crippen LogP contribution in [-0.4, -0.2) is 6.18 Å². The van der Waals surface area contributed by atoms with Crippen molar-refractivity contribution in [2.45, 2.75) is 18.6 Å². The third-order valence-corrected chi connectivity index (χ3v) is 1.64. The maximum Gasteiger partial charge on any atom is 0.388 e. The van der Waals surface area contributed by atoms with Crippen molar-refractivity contribution in [1.82, 2.24) is 0 Å². The molecule has 0 aliphatic rings. The Balaban J connectivity index is 2.64. The molecule has 0 fully saturated rings. The van der Waals surface area contributed by atoms with E-state index in [0.717, 1.165) is 0 Å². The van der Waals surface area contributed by atoms with E-state index >= 15 is 0 Å². The lowest BCUT2D eigenvalue weighted by Crippen LogP contribution is -2.11. The summed E-state index contributed by atoms with van der Waals surface area (Å²) in [7, 11) is 0. The van der Waals surface area contributed by atoms with Gasteiger partial charge in [0.1, 0.15) is 0 Å². The molecular weight excluding hydrogens is 179 g/mol. The van der Waals surface area contributed by atoms with E-state index in [2.05, 4.69) is 0 Å². The van der Waals surface area contributed by atoms with Gasteiger partial charge in [-0.3, -0.25) is 0 Å². The molecule has 1 aromatic rings. The lowest BCUT2D eigenvalue weighted by Gasteiger charge is -2.21. The Kier molecular flexibility index (Phi) is 2.93. The van der Waals surface area contributed by atoms with Gasteiger partial charge in [0, 0.05) is 6.42 Å².